The summed E-state index contributed by atoms with van der Waals surface area (Å²) < 4.78 is 12.9. The number of allylic oxidation sites excluding steroid dienone is 1. The third kappa shape index (κ3) is 4.84. The van der Waals surface area contributed by atoms with Crippen molar-refractivity contribution < 1.29 is 14.3 Å². The van der Waals surface area contributed by atoms with Gasteiger partial charge in [-0.1, -0.05) is 23.8 Å². The second-order valence-corrected chi connectivity index (χ2v) is 5.89. The molecule has 2 rings (SSSR count). The second-order valence-electron chi connectivity index (χ2n) is 5.89. The van der Waals surface area contributed by atoms with Crippen LogP contribution >= 0.6 is 0 Å². The zero-order chi connectivity index (χ0) is 16.0. The molecular formula is C17H23FN2O2. The van der Waals surface area contributed by atoms with Crippen molar-refractivity contribution in [2.24, 2.45) is 0 Å². The molecule has 0 saturated heterocycles. The van der Waals surface area contributed by atoms with Crippen LogP contribution in [0.4, 0.5) is 9.18 Å². The third-order valence-electron chi connectivity index (χ3n) is 3.93. The maximum Gasteiger partial charge on any atom is 0.314 e. The molecule has 1 aromatic rings. The third-order valence-corrected chi connectivity index (χ3v) is 3.93. The normalized spacial score (nSPS) is 16.8. The van der Waals surface area contributed by atoms with Gasteiger partial charge in [-0.15, -0.1) is 0 Å². The van der Waals surface area contributed by atoms with Crippen LogP contribution in [0.25, 0.3) is 0 Å². The van der Waals surface area contributed by atoms with Gasteiger partial charge in [-0.2, -0.15) is 0 Å². The number of carbonyl (C=O) groups is 1. The molecule has 1 aromatic carbocycles. The van der Waals surface area contributed by atoms with Gasteiger partial charge in [0.1, 0.15) is 11.4 Å². The Bertz CT molecular complexity index is 538. The zero-order valence-corrected chi connectivity index (χ0v) is 12.9. The van der Waals surface area contributed by atoms with Crippen molar-refractivity contribution in [1.82, 2.24) is 10.6 Å². The molecule has 22 heavy (non-hydrogen) atoms. The van der Waals surface area contributed by atoms with Crippen molar-refractivity contribution >= 4 is 6.03 Å². The standard InChI is InChI=1S/C17H23FN2O2/c1-17(22,14-6-8-15(18)9-7-14)12-20-16(21)19-11-10-13-4-2-3-5-13/h4,6-9,22H,2-3,5,10-12H2,1H3,(H2,19,20,21). The molecule has 0 saturated carbocycles. The van der Waals surface area contributed by atoms with Gasteiger partial charge in [0.05, 0.1) is 6.54 Å². The first-order valence-electron chi connectivity index (χ1n) is 7.65. The summed E-state index contributed by atoms with van der Waals surface area (Å²) in [7, 11) is 0. The van der Waals surface area contributed by atoms with Gasteiger partial charge in [0.15, 0.2) is 0 Å². The molecule has 0 spiro atoms. The lowest BCUT2D eigenvalue weighted by Crippen LogP contribution is -2.43. The summed E-state index contributed by atoms with van der Waals surface area (Å²) in [6.07, 6.45) is 6.59. The van der Waals surface area contributed by atoms with Crippen molar-refractivity contribution in [1.29, 1.82) is 0 Å². The van der Waals surface area contributed by atoms with E-state index in [1.54, 1.807) is 6.92 Å². The quantitative estimate of drug-likeness (QED) is 0.708. The number of amides is 2. The first-order valence-corrected chi connectivity index (χ1v) is 7.65. The molecule has 0 aliphatic heterocycles. The Morgan fingerprint density at radius 1 is 1.32 bits per heavy atom. The SMILES string of the molecule is CC(O)(CNC(=O)NCCC1=CCCC1)c1ccc(F)cc1. The summed E-state index contributed by atoms with van der Waals surface area (Å²) >= 11 is 0. The lowest BCUT2D eigenvalue weighted by atomic mass is 9.96. The van der Waals surface area contributed by atoms with E-state index in [1.807, 2.05) is 0 Å². The van der Waals surface area contributed by atoms with Gasteiger partial charge >= 0.3 is 6.03 Å². The molecule has 1 atom stereocenters. The van der Waals surface area contributed by atoms with E-state index >= 15 is 0 Å². The lowest BCUT2D eigenvalue weighted by Gasteiger charge is -2.24. The fraction of sp³-hybridized carbons (Fsp3) is 0.471. The van der Waals surface area contributed by atoms with E-state index in [2.05, 4.69) is 16.7 Å². The minimum absolute atomic E-state index is 0.0627. The molecule has 0 radical (unpaired) electrons. The van der Waals surface area contributed by atoms with Crippen molar-refractivity contribution in [3.63, 3.8) is 0 Å². The molecule has 0 bridgehead atoms. The van der Waals surface area contributed by atoms with Crippen LogP contribution in [-0.2, 0) is 5.60 Å². The predicted octanol–water partition coefficient (Wildman–Crippen LogP) is 2.83. The number of halogens is 1. The van der Waals surface area contributed by atoms with Gasteiger partial charge < -0.3 is 15.7 Å². The number of rotatable bonds is 6. The molecule has 0 aromatic heterocycles. The molecule has 120 valence electrons. The molecule has 1 aliphatic carbocycles. The topological polar surface area (TPSA) is 61.4 Å². The monoisotopic (exact) mass is 306 g/mol. The van der Waals surface area contributed by atoms with Crippen LogP contribution in [0.15, 0.2) is 35.9 Å². The molecule has 0 fully saturated rings. The van der Waals surface area contributed by atoms with Crippen LogP contribution in [0.1, 0.15) is 38.2 Å². The van der Waals surface area contributed by atoms with E-state index in [0.29, 0.717) is 12.1 Å². The molecule has 4 nitrogen and oxygen atoms in total. The molecular weight excluding hydrogens is 283 g/mol. The van der Waals surface area contributed by atoms with Gasteiger partial charge in [0.25, 0.3) is 0 Å². The predicted molar refractivity (Wildman–Crippen MR) is 83.9 cm³/mol. The van der Waals surface area contributed by atoms with Crippen LogP contribution < -0.4 is 10.6 Å². The summed E-state index contributed by atoms with van der Waals surface area (Å²) in [4.78, 5) is 11.7. The maximum atomic E-state index is 12.9. The van der Waals surface area contributed by atoms with Gasteiger partial charge in [0.2, 0.25) is 0 Å². The number of nitrogens with one attached hydrogen (secondary N) is 2. The first kappa shape index (κ1) is 16.5. The fourth-order valence-corrected chi connectivity index (χ4v) is 2.53. The van der Waals surface area contributed by atoms with Crippen molar-refractivity contribution in [2.45, 2.75) is 38.2 Å². The van der Waals surface area contributed by atoms with E-state index in [9.17, 15) is 14.3 Å². The number of urea groups is 1. The molecule has 5 heteroatoms. The Balaban J connectivity index is 1.73. The maximum absolute atomic E-state index is 12.9. The molecule has 0 heterocycles. The average Bonchev–Trinajstić information content (AvgIpc) is 2.99. The summed E-state index contributed by atoms with van der Waals surface area (Å²) in [6, 6.07) is 5.31. The summed E-state index contributed by atoms with van der Waals surface area (Å²) in [6.45, 7) is 2.24. The molecule has 3 N–H and O–H groups in total. The van der Waals surface area contributed by atoms with E-state index in [-0.39, 0.29) is 18.4 Å². The van der Waals surface area contributed by atoms with Crippen LogP contribution in [0.3, 0.4) is 0 Å². The van der Waals surface area contributed by atoms with E-state index < -0.39 is 5.60 Å². The Kier molecular flexibility index (Phi) is 5.55. The minimum atomic E-state index is -1.24. The highest BCUT2D eigenvalue weighted by Gasteiger charge is 2.23. The van der Waals surface area contributed by atoms with Gasteiger partial charge in [-0.25, -0.2) is 9.18 Å². The highest BCUT2D eigenvalue weighted by molar-refractivity contribution is 5.73. The first-order chi connectivity index (χ1) is 10.5. The highest BCUT2D eigenvalue weighted by atomic mass is 19.1. The summed E-state index contributed by atoms with van der Waals surface area (Å²) in [5.41, 5.74) is 0.725. The number of carbonyl (C=O) groups excluding carboxylic acids is 1. The van der Waals surface area contributed by atoms with Gasteiger partial charge in [-0.05, 0) is 50.3 Å². The van der Waals surface area contributed by atoms with Crippen molar-refractivity contribution in [2.75, 3.05) is 13.1 Å². The molecule has 1 unspecified atom stereocenters. The minimum Gasteiger partial charge on any atom is -0.384 e. The number of aliphatic hydroxyl groups is 1. The lowest BCUT2D eigenvalue weighted by molar-refractivity contribution is 0.0593. The number of hydrogen-bond donors (Lipinski definition) is 3. The number of benzene rings is 1. The van der Waals surface area contributed by atoms with Crippen LogP contribution in [0, 0.1) is 5.82 Å². The van der Waals surface area contributed by atoms with E-state index in [0.717, 1.165) is 19.3 Å². The van der Waals surface area contributed by atoms with Crippen molar-refractivity contribution in [3.05, 3.63) is 47.3 Å². The largest absolute Gasteiger partial charge is 0.384 e. The molecule has 2 amide bonds. The Labute approximate surface area is 130 Å². The average molecular weight is 306 g/mol. The smallest absolute Gasteiger partial charge is 0.314 e. The van der Waals surface area contributed by atoms with E-state index in [4.69, 9.17) is 0 Å². The summed E-state index contributed by atoms with van der Waals surface area (Å²) in [5, 5.41) is 15.8. The Morgan fingerprint density at radius 3 is 2.68 bits per heavy atom. The molecule has 1 aliphatic rings. The zero-order valence-electron chi connectivity index (χ0n) is 12.9. The summed E-state index contributed by atoms with van der Waals surface area (Å²) in [5.74, 6) is -0.355. The van der Waals surface area contributed by atoms with Crippen LogP contribution in [0.2, 0.25) is 0 Å². The van der Waals surface area contributed by atoms with E-state index in [1.165, 1.54) is 36.3 Å². The fourth-order valence-electron chi connectivity index (χ4n) is 2.53. The van der Waals surface area contributed by atoms with Crippen molar-refractivity contribution in [3.8, 4) is 0 Å². The van der Waals surface area contributed by atoms with Crippen LogP contribution in [0.5, 0.6) is 0 Å². The van der Waals surface area contributed by atoms with Gasteiger partial charge in [-0.3, -0.25) is 0 Å². The second kappa shape index (κ2) is 7.40. The van der Waals surface area contributed by atoms with Crippen LogP contribution in [-0.4, -0.2) is 24.2 Å². The Morgan fingerprint density at radius 2 is 2.05 bits per heavy atom. The highest BCUT2D eigenvalue weighted by Crippen LogP contribution is 2.20. The Hall–Kier alpha value is -1.88. The van der Waals surface area contributed by atoms with Gasteiger partial charge in [0, 0.05) is 6.54 Å². The number of hydrogen-bond acceptors (Lipinski definition) is 2.